The van der Waals surface area contributed by atoms with E-state index >= 15 is 0 Å². The molecule has 0 bridgehead atoms. The quantitative estimate of drug-likeness (QED) is 0.932. The fourth-order valence-corrected chi connectivity index (χ4v) is 3.86. The Bertz CT molecular complexity index is 533. The largest absolute Gasteiger partial charge is 0.323 e. The first kappa shape index (κ1) is 15.2. The molecule has 122 valence electrons. The van der Waals surface area contributed by atoms with Crippen molar-refractivity contribution in [1.29, 1.82) is 0 Å². The van der Waals surface area contributed by atoms with Crippen LogP contribution in [0.5, 0.6) is 0 Å². The van der Waals surface area contributed by atoms with Crippen LogP contribution in [-0.4, -0.2) is 39.7 Å². The summed E-state index contributed by atoms with van der Waals surface area (Å²) in [5.74, 6) is 1.45. The van der Waals surface area contributed by atoms with Gasteiger partial charge in [-0.1, -0.05) is 19.8 Å². The molecule has 3 rings (SSSR count). The van der Waals surface area contributed by atoms with Gasteiger partial charge in [0.1, 0.15) is 6.54 Å². The maximum atomic E-state index is 12.5. The fourth-order valence-electron chi connectivity index (χ4n) is 3.86. The molecule has 22 heavy (non-hydrogen) atoms. The van der Waals surface area contributed by atoms with Gasteiger partial charge < -0.3 is 4.90 Å². The van der Waals surface area contributed by atoms with Crippen molar-refractivity contribution in [2.75, 3.05) is 11.9 Å². The summed E-state index contributed by atoms with van der Waals surface area (Å²) in [5.41, 5.74) is 0. The number of anilines is 1. The number of halogens is 2. The zero-order valence-corrected chi connectivity index (χ0v) is 12.7. The topological polar surface area (TPSA) is 50.2 Å². The van der Waals surface area contributed by atoms with E-state index in [0.717, 1.165) is 17.6 Å². The van der Waals surface area contributed by atoms with E-state index in [1.807, 2.05) is 4.90 Å². The van der Waals surface area contributed by atoms with Gasteiger partial charge in [0, 0.05) is 24.8 Å². The second kappa shape index (κ2) is 6.22. The number of alkyl halides is 2. The molecule has 2 amide bonds. The monoisotopic (exact) mass is 312 g/mol. The van der Waals surface area contributed by atoms with Gasteiger partial charge in [-0.3, -0.25) is 10.00 Å². The summed E-state index contributed by atoms with van der Waals surface area (Å²) in [4.78, 5) is 14.4. The molecule has 1 saturated heterocycles. The fraction of sp³-hybridized carbons (Fsp3) is 0.733. The van der Waals surface area contributed by atoms with Gasteiger partial charge in [-0.05, 0) is 24.7 Å². The Morgan fingerprint density at radius 2 is 2.23 bits per heavy atom. The van der Waals surface area contributed by atoms with Gasteiger partial charge in [-0.2, -0.15) is 5.10 Å². The van der Waals surface area contributed by atoms with Gasteiger partial charge in [-0.15, -0.1) is 0 Å². The van der Waals surface area contributed by atoms with Crippen molar-refractivity contribution in [1.82, 2.24) is 14.7 Å². The SMILES string of the molecule is C[C@@H]1CN(C(=O)Nc2ccn(CC(F)F)n2)[C@H]2CCCC[C@H]12. The highest BCUT2D eigenvalue weighted by atomic mass is 19.3. The number of rotatable bonds is 3. The lowest BCUT2D eigenvalue weighted by Crippen LogP contribution is -2.41. The Kier molecular flexibility index (Phi) is 4.31. The highest BCUT2D eigenvalue weighted by Crippen LogP contribution is 2.39. The summed E-state index contributed by atoms with van der Waals surface area (Å²) in [5, 5.41) is 6.70. The Hall–Kier alpha value is -1.66. The number of fused-ring (bicyclic) bond motifs is 1. The molecule has 0 aromatic carbocycles. The van der Waals surface area contributed by atoms with Gasteiger partial charge in [0.15, 0.2) is 5.82 Å². The van der Waals surface area contributed by atoms with Crippen molar-refractivity contribution < 1.29 is 13.6 Å². The normalized spacial score (nSPS) is 28.0. The lowest BCUT2D eigenvalue weighted by molar-refractivity contribution is 0.122. The minimum atomic E-state index is -2.45. The molecule has 1 aliphatic carbocycles. The average Bonchev–Trinajstić information content (AvgIpc) is 3.04. The van der Waals surface area contributed by atoms with Crippen LogP contribution in [0.2, 0.25) is 0 Å². The average molecular weight is 312 g/mol. The molecule has 1 aromatic heterocycles. The van der Waals surface area contributed by atoms with Crippen LogP contribution in [0.25, 0.3) is 0 Å². The molecule has 2 fully saturated rings. The number of urea groups is 1. The molecule has 1 saturated carbocycles. The van der Waals surface area contributed by atoms with E-state index in [4.69, 9.17) is 0 Å². The number of nitrogens with one attached hydrogen (secondary N) is 1. The van der Waals surface area contributed by atoms with E-state index < -0.39 is 13.0 Å². The third-order valence-electron chi connectivity index (χ3n) is 4.86. The van der Waals surface area contributed by atoms with Crippen LogP contribution in [-0.2, 0) is 6.54 Å². The molecule has 0 unspecified atom stereocenters. The molecule has 2 heterocycles. The number of hydrogen-bond donors (Lipinski definition) is 1. The van der Waals surface area contributed by atoms with Crippen molar-refractivity contribution in [3.8, 4) is 0 Å². The predicted octanol–water partition coefficient (Wildman–Crippen LogP) is 3.19. The molecular formula is C15H22F2N4O. The molecule has 1 N–H and O–H groups in total. The van der Waals surface area contributed by atoms with Gasteiger partial charge in [0.25, 0.3) is 6.43 Å². The van der Waals surface area contributed by atoms with Crippen molar-refractivity contribution in [2.24, 2.45) is 11.8 Å². The number of amides is 2. The first-order valence-corrected chi connectivity index (χ1v) is 7.94. The van der Waals surface area contributed by atoms with Crippen molar-refractivity contribution in [3.05, 3.63) is 12.3 Å². The first-order valence-electron chi connectivity index (χ1n) is 7.94. The van der Waals surface area contributed by atoms with Gasteiger partial charge in [0.2, 0.25) is 0 Å². The van der Waals surface area contributed by atoms with Crippen LogP contribution in [0.4, 0.5) is 19.4 Å². The molecule has 1 aliphatic heterocycles. The van der Waals surface area contributed by atoms with E-state index in [1.54, 1.807) is 6.07 Å². The summed E-state index contributed by atoms with van der Waals surface area (Å²) < 4.78 is 25.8. The van der Waals surface area contributed by atoms with E-state index in [9.17, 15) is 13.6 Å². The number of carbonyl (C=O) groups is 1. The summed E-state index contributed by atoms with van der Waals surface area (Å²) in [6, 6.07) is 1.70. The number of aromatic nitrogens is 2. The Morgan fingerprint density at radius 1 is 1.45 bits per heavy atom. The maximum absolute atomic E-state index is 12.5. The molecule has 3 atom stereocenters. The lowest BCUT2D eigenvalue weighted by atomic mass is 9.80. The molecule has 1 aromatic rings. The predicted molar refractivity (Wildman–Crippen MR) is 78.9 cm³/mol. The van der Waals surface area contributed by atoms with Crippen LogP contribution in [0.15, 0.2) is 12.3 Å². The first-order chi connectivity index (χ1) is 10.5. The maximum Gasteiger partial charge on any atom is 0.323 e. The van der Waals surface area contributed by atoms with Crippen LogP contribution in [0, 0.1) is 11.8 Å². The zero-order valence-electron chi connectivity index (χ0n) is 12.7. The van der Waals surface area contributed by atoms with Crippen molar-refractivity contribution >= 4 is 11.8 Å². The molecule has 7 heteroatoms. The molecular weight excluding hydrogens is 290 g/mol. The summed E-state index contributed by atoms with van der Waals surface area (Å²) in [6.45, 7) is 2.51. The highest BCUT2D eigenvalue weighted by Gasteiger charge is 2.42. The minimum Gasteiger partial charge on any atom is -0.321 e. The van der Waals surface area contributed by atoms with Crippen molar-refractivity contribution in [2.45, 2.75) is 51.6 Å². The Balaban J connectivity index is 1.63. The van der Waals surface area contributed by atoms with Crippen molar-refractivity contribution in [3.63, 3.8) is 0 Å². The molecule has 2 aliphatic rings. The number of carbonyl (C=O) groups excluding carboxylic acids is 1. The van der Waals surface area contributed by atoms with Gasteiger partial charge in [-0.25, -0.2) is 13.6 Å². The van der Waals surface area contributed by atoms with Crippen LogP contribution in [0.3, 0.4) is 0 Å². The molecule has 0 radical (unpaired) electrons. The molecule has 5 nitrogen and oxygen atoms in total. The number of hydrogen-bond acceptors (Lipinski definition) is 2. The van der Waals surface area contributed by atoms with Crippen LogP contribution >= 0.6 is 0 Å². The zero-order chi connectivity index (χ0) is 15.7. The summed E-state index contributed by atoms with van der Waals surface area (Å²) >= 11 is 0. The smallest absolute Gasteiger partial charge is 0.321 e. The van der Waals surface area contributed by atoms with E-state index in [2.05, 4.69) is 17.3 Å². The van der Waals surface area contributed by atoms with Crippen LogP contribution < -0.4 is 5.32 Å². The standard InChI is InChI=1S/C15H22F2N4O/c1-10-8-21(12-5-3-2-4-11(10)12)15(22)18-14-6-7-20(19-14)9-13(16)17/h6-7,10-13H,2-5,8-9H2,1H3,(H,18,19,22)/t10-,11-,12+/m1/s1. The molecule has 0 spiro atoms. The van der Waals surface area contributed by atoms with Crippen LogP contribution in [0.1, 0.15) is 32.6 Å². The number of likely N-dealkylation sites (tertiary alicyclic amines) is 1. The minimum absolute atomic E-state index is 0.163. The van der Waals surface area contributed by atoms with E-state index in [0.29, 0.717) is 23.7 Å². The Morgan fingerprint density at radius 3 is 3.00 bits per heavy atom. The van der Waals surface area contributed by atoms with Gasteiger partial charge in [0.05, 0.1) is 0 Å². The van der Waals surface area contributed by atoms with Gasteiger partial charge >= 0.3 is 6.03 Å². The van der Waals surface area contributed by atoms with E-state index in [1.165, 1.54) is 25.5 Å². The highest BCUT2D eigenvalue weighted by molar-refractivity contribution is 5.88. The number of nitrogens with zero attached hydrogens (tertiary/aromatic N) is 3. The summed E-state index contributed by atoms with van der Waals surface area (Å²) in [7, 11) is 0. The second-order valence-corrected chi connectivity index (χ2v) is 6.39. The second-order valence-electron chi connectivity index (χ2n) is 6.39. The van der Waals surface area contributed by atoms with E-state index in [-0.39, 0.29) is 6.03 Å². The third kappa shape index (κ3) is 3.08. The third-order valence-corrected chi connectivity index (χ3v) is 4.86. The summed E-state index contributed by atoms with van der Waals surface area (Å²) in [6.07, 6.45) is 3.67. The Labute approximate surface area is 128 Å². The lowest BCUT2D eigenvalue weighted by Gasteiger charge is -2.31.